The zero-order valence-corrected chi connectivity index (χ0v) is 7.95. The second-order valence-corrected chi connectivity index (χ2v) is 3.22. The minimum absolute atomic E-state index is 0. The highest BCUT2D eigenvalue weighted by molar-refractivity contribution is 5.85. The number of nitrogens with two attached hydrogens (primary N) is 1. The summed E-state index contributed by atoms with van der Waals surface area (Å²) in [5.41, 5.74) is 6.19. The van der Waals surface area contributed by atoms with E-state index in [4.69, 9.17) is 10.5 Å². The van der Waals surface area contributed by atoms with Crippen molar-refractivity contribution >= 4 is 12.4 Å². The van der Waals surface area contributed by atoms with E-state index >= 15 is 0 Å². The third kappa shape index (κ3) is 3.41. The van der Waals surface area contributed by atoms with Gasteiger partial charge in [-0.1, -0.05) is 13.3 Å². The predicted molar refractivity (Wildman–Crippen MR) is 49.1 cm³/mol. The summed E-state index contributed by atoms with van der Waals surface area (Å²) in [4.78, 5) is 0. The number of hydrogen-bond donors (Lipinski definition) is 1. The van der Waals surface area contributed by atoms with Crippen LogP contribution in [0.3, 0.4) is 0 Å². The molecule has 3 heteroatoms. The standard InChI is InChI=1S/C8H17NO.ClH/c1-2-3-8(9)4-6-10-7-5-8;/h2-7,9H2,1H3;1H. The van der Waals surface area contributed by atoms with Crippen LogP contribution < -0.4 is 5.73 Å². The Bertz CT molecular complexity index is 96.8. The number of hydrogen-bond acceptors (Lipinski definition) is 2. The quantitative estimate of drug-likeness (QED) is 0.701. The van der Waals surface area contributed by atoms with Gasteiger partial charge in [0.25, 0.3) is 0 Å². The molecule has 11 heavy (non-hydrogen) atoms. The predicted octanol–water partition coefficient (Wildman–Crippen LogP) is 1.72. The molecule has 0 spiro atoms. The van der Waals surface area contributed by atoms with E-state index in [-0.39, 0.29) is 17.9 Å². The molecule has 0 aromatic carbocycles. The van der Waals surface area contributed by atoms with Gasteiger partial charge >= 0.3 is 0 Å². The fourth-order valence-corrected chi connectivity index (χ4v) is 1.53. The maximum Gasteiger partial charge on any atom is 0.0483 e. The van der Waals surface area contributed by atoms with Crippen LogP contribution in [0.1, 0.15) is 32.6 Å². The molecule has 0 aromatic heterocycles. The number of ether oxygens (including phenoxy) is 1. The Kier molecular flexibility index (Phi) is 5.06. The lowest BCUT2D eigenvalue weighted by molar-refractivity contribution is 0.0500. The molecule has 1 heterocycles. The first-order chi connectivity index (χ1) is 4.77. The summed E-state index contributed by atoms with van der Waals surface area (Å²) in [5, 5.41) is 0. The highest BCUT2D eigenvalue weighted by Gasteiger charge is 2.26. The number of rotatable bonds is 2. The van der Waals surface area contributed by atoms with Crippen LogP contribution >= 0.6 is 12.4 Å². The summed E-state index contributed by atoms with van der Waals surface area (Å²) in [6.07, 6.45) is 4.43. The molecule has 0 amide bonds. The molecule has 0 radical (unpaired) electrons. The van der Waals surface area contributed by atoms with Crippen LogP contribution in [0.25, 0.3) is 0 Å². The second-order valence-electron chi connectivity index (χ2n) is 3.22. The summed E-state index contributed by atoms with van der Waals surface area (Å²) < 4.78 is 5.23. The van der Waals surface area contributed by atoms with E-state index in [2.05, 4.69) is 6.92 Å². The van der Waals surface area contributed by atoms with Crippen molar-refractivity contribution in [1.29, 1.82) is 0 Å². The van der Waals surface area contributed by atoms with Crippen molar-refractivity contribution in [2.45, 2.75) is 38.1 Å². The van der Waals surface area contributed by atoms with Gasteiger partial charge in [0.05, 0.1) is 0 Å². The Morgan fingerprint density at radius 2 is 1.91 bits per heavy atom. The molecule has 0 atom stereocenters. The third-order valence-corrected chi connectivity index (χ3v) is 2.24. The molecule has 1 saturated heterocycles. The molecular formula is C8H18ClNO. The second kappa shape index (κ2) is 4.96. The normalized spacial score (nSPS) is 22.4. The molecular weight excluding hydrogens is 162 g/mol. The van der Waals surface area contributed by atoms with Gasteiger partial charge in [0.15, 0.2) is 0 Å². The SMILES string of the molecule is CCCC1(N)CCOCC1.Cl. The van der Waals surface area contributed by atoms with Crippen molar-refractivity contribution < 1.29 is 4.74 Å². The lowest BCUT2D eigenvalue weighted by Gasteiger charge is -2.32. The van der Waals surface area contributed by atoms with Crippen molar-refractivity contribution in [3.05, 3.63) is 0 Å². The summed E-state index contributed by atoms with van der Waals surface area (Å²) in [6.45, 7) is 3.90. The van der Waals surface area contributed by atoms with Crippen molar-refractivity contribution in [2.75, 3.05) is 13.2 Å². The molecule has 1 aliphatic heterocycles. The van der Waals surface area contributed by atoms with E-state index in [9.17, 15) is 0 Å². The van der Waals surface area contributed by atoms with Crippen LogP contribution in [0.2, 0.25) is 0 Å². The summed E-state index contributed by atoms with van der Waals surface area (Å²) in [5.74, 6) is 0. The van der Waals surface area contributed by atoms with Crippen LogP contribution in [0.4, 0.5) is 0 Å². The minimum atomic E-state index is 0. The van der Waals surface area contributed by atoms with E-state index < -0.39 is 0 Å². The van der Waals surface area contributed by atoms with Gasteiger partial charge in [0.2, 0.25) is 0 Å². The van der Waals surface area contributed by atoms with Crippen molar-refractivity contribution in [3.8, 4) is 0 Å². The van der Waals surface area contributed by atoms with Crippen molar-refractivity contribution in [2.24, 2.45) is 5.73 Å². The van der Waals surface area contributed by atoms with E-state index in [0.717, 1.165) is 32.5 Å². The molecule has 0 aromatic rings. The molecule has 0 unspecified atom stereocenters. The van der Waals surface area contributed by atoms with Crippen LogP contribution in [-0.2, 0) is 4.74 Å². The Balaban J connectivity index is 0.000001000. The Morgan fingerprint density at radius 1 is 1.36 bits per heavy atom. The zero-order chi connectivity index (χ0) is 7.45. The van der Waals surface area contributed by atoms with E-state index in [1.54, 1.807) is 0 Å². The van der Waals surface area contributed by atoms with Crippen molar-refractivity contribution in [3.63, 3.8) is 0 Å². The van der Waals surface area contributed by atoms with Crippen LogP contribution in [-0.4, -0.2) is 18.8 Å². The highest BCUT2D eigenvalue weighted by Crippen LogP contribution is 2.22. The average molecular weight is 180 g/mol. The Labute approximate surface area is 74.9 Å². The van der Waals surface area contributed by atoms with Crippen LogP contribution in [0, 0.1) is 0 Å². The highest BCUT2D eigenvalue weighted by atomic mass is 35.5. The summed E-state index contributed by atoms with van der Waals surface area (Å²) >= 11 is 0. The van der Waals surface area contributed by atoms with E-state index in [0.29, 0.717) is 0 Å². The first kappa shape index (κ1) is 11.2. The lowest BCUT2D eigenvalue weighted by Crippen LogP contribution is -2.44. The molecule has 0 saturated carbocycles. The van der Waals surface area contributed by atoms with Crippen LogP contribution in [0.15, 0.2) is 0 Å². The third-order valence-electron chi connectivity index (χ3n) is 2.24. The molecule has 68 valence electrons. The van der Waals surface area contributed by atoms with Gasteiger partial charge in [-0.2, -0.15) is 0 Å². The van der Waals surface area contributed by atoms with Gasteiger partial charge in [-0.25, -0.2) is 0 Å². The van der Waals surface area contributed by atoms with Gasteiger partial charge in [0, 0.05) is 18.8 Å². The topological polar surface area (TPSA) is 35.2 Å². The molecule has 1 rings (SSSR count). The first-order valence-corrected chi connectivity index (χ1v) is 4.13. The zero-order valence-electron chi connectivity index (χ0n) is 7.14. The summed E-state index contributed by atoms with van der Waals surface area (Å²) in [6, 6.07) is 0. The summed E-state index contributed by atoms with van der Waals surface area (Å²) in [7, 11) is 0. The maximum absolute atomic E-state index is 6.09. The van der Waals surface area contributed by atoms with Crippen LogP contribution in [0.5, 0.6) is 0 Å². The monoisotopic (exact) mass is 179 g/mol. The fourth-order valence-electron chi connectivity index (χ4n) is 1.53. The molecule has 0 aliphatic carbocycles. The van der Waals surface area contributed by atoms with Gasteiger partial charge in [-0.3, -0.25) is 0 Å². The fraction of sp³-hybridized carbons (Fsp3) is 1.00. The Morgan fingerprint density at radius 3 is 2.36 bits per heavy atom. The smallest absolute Gasteiger partial charge is 0.0483 e. The van der Waals surface area contributed by atoms with E-state index in [1.807, 2.05) is 0 Å². The maximum atomic E-state index is 6.09. The lowest BCUT2D eigenvalue weighted by atomic mass is 9.87. The van der Waals surface area contributed by atoms with Gasteiger partial charge in [0.1, 0.15) is 0 Å². The molecule has 0 bridgehead atoms. The minimum Gasteiger partial charge on any atom is -0.381 e. The molecule has 2 nitrogen and oxygen atoms in total. The van der Waals surface area contributed by atoms with Gasteiger partial charge in [-0.15, -0.1) is 12.4 Å². The number of halogens is 1. The molecule has 1 fully saturated rings. The van der Waals surface area contributed by atoms with Gasteiger partial charge < -0.3 is 10.5 Å². The Hall–Kier alpha value is 0.210. The first-order valence-electron chi connectivity index (χ1n) is 4.13. The van der Waals surface area contributed by atoms with E-state index in [1.165, 1.54) is 6.42 Å². The van der Waals surface area contributed by atoms with Crippen molar-refractivity contribution in [1.82, 2.24) is 0 Å². The molecule has 2 N–H and O–H groups in total. The molecule has 1 aliphatic rings. The average Bonchev–Trinajstić information content (AvgIpc) is 1.89. The van der Waals surface area contributed by atoms with Gasteiger partial charge in [-0.05, 0) is 19.3 Å². The largest absolute Gasteiger partial charge is 0.381 e.